The van der Waals surface area contributed by atoms with E-state index in [9.17, 15) is 4.79 Å². The fraction of sp³-hybridized carbons (Fsp3) is 0.444. The zero-order valence-electron chi connectivity index (χ0n) is 20.7. The van der Waals surface area contributed by atoms with Crippen LogP contribution in [-0.2, 0) is 13.0 Å². The summed E-state index contributed by atoms with van der Waals surface area (Å²) in [6, 6.07) is 12.5. The Balaban J connectivity index is 1.45. The van der Waals surface area contributed by atoms with Gasteiger partial charge in [0.1, 0.15) is 0 Å². The number of rotatable bonds is 10. The van der Waals surface area contributed by atoms with E-state index in [2.05, 4.69) is 64.7 Å². The summed E-state index contributed by atoms with van der Waals surface area (Å²) in [5, 5.41) is 14.3. The summed E-state index contributed by atoms with van der Waals surface area (Å²) in [4.78, 5) is 18.2. The van der Waals surface area contributed by atoms with Gasteiger partial charge in [-0.3, -0.25) is 14.1 Å². The maximum Gasteiger partial charge on any atom is 0.328 e. The average Bonchev–Trinajstić information content (AvgIpc) is 3.17. The van der Waals surface area contributed by atoms with E-state index in [1.54, 1.807) is 0 Å². The highest BCUT2D eigenvalue weighted by Crippen LogP contribution is 2.53. The predicted molar refractivity (Wildman–Crippen MR) is 136 cm³/mol. The molecule has 2 atom stereocenters. The van der Waals surface area contributed by atoms with Crippen LogP contribution >= 0.6 is 0 Å². The number of H-pyrrole nitrogens is 1. The standard InChI is InChI=1S/C27H33N7O/c1-4-7-11-22-17-34(25-23(5-2)24(25)6-3)27(35)33(22)16-21-15-19(12-13-28-21)18-9-8-10-20(14-18)26-29-31-32-30-26/h8-10,12-15,17,23-25H,4-7,11,16H2,1-3H3,(H,29,30,31,32). The van der Waals surface area contributed by atoms with Crippen molar-refractivity contribution in [3.8, 4) is 22.5 Å². The quantitative estimate of drug-likeness (QED) is 0.355. The third-order valence-electron chi connectivity index (χ3n) is 7.36. The van der Waals surface area contributed by atoms with Crippen LogP contribution in [0.1, 0.15) is 63.9 Å². The molecule has 1 aliphatic rings. The van der Waals surface area contributed by atoms with E-state index in [4.69, 9.17) is 0 Å². The number of nitrogens with one attached hydrogen (secondary N) is 1. The summed E-state index contributed by atoms with van der Waals surface area (Å²) < 4.78 is 3.96. The molecule has 35 heavy (non-hydrogen) atoms. The molecule has 1 saturated carbocycles. The summed E-state index contributed by atoms with van der Waals surface area (Å²) in [6.45, 7) is 7.13. The molecule has 1 N–H and O–H groups in total. The van der Waals surface area contributed by atoms with Gasteiger partial charge in [-0.1, -0.05) is 58.2 Å². The lowest BCUT2D eigenvalue weighted by Crippen LogP contribution is -2.26. The molecule has 0 spiro atoms. The number of hydrogen-bond donors (Lipinski definition) is 1. The Hall–Kier alpha value is -3.55. The van der Waals surface area contributed by atoms with E-state index >= 15 is 0 Å². The molecule has 4 aromatic rings. The molecule has 0 amide bonds. The van der Waals surface area contributed by atoms with Crippen LogP contribution in [0.5, 0.6) is 0 Å². The third-order valence-corrected chi connectivity index (χ3v) is 7.36. The predicted octanol–water partition coefficient (Wildman–Crippen LogP) is 4.89. The first-order valence-electron chi connectivity index (χ1n) is 12.7. The van der Waals surface area contributed by atoms with E-state index in [-0.39, 0.29) is 5.69 Å². The lowest BCUT2D eigenvalue weighted by molar-refractivity contribution is 0.587. The Morgan fingerprint density at radius 1 is 1.00 bits per heavy atom. The number of tetrazole rings is 1. The van der Waals surface area contributed by atoms with E-state index in [0.29, 0.717) is 30.2 Å². The molecule has 2 unspecified atom stereocenters. The Bertz CT molecular complexity index is 1330. The SMILES string of the molecule is CCCCc1cn(C2C(CC)C2CC)c(=O)n1Cc1cc(-c2cccc(-c3nn[nH]n3)c2)ccn1. The Kier molecular flexibility index (Phi) is 6.61. The van der Waals surface area contributed by atoms with Gasteiger partial charge in [0.15, 0.2) is 0 Å². The molecule has 1 fully saturated rings. The van der Waals surface area contributed by atoms with Crippen LogP contribution in [0.4, 0.5) is 0 Å². The van der Waals surface area contributed by atoms with Gasteiger partial charge >= 0.3 is 5.69 Å². The third kappa shape index (κ3) is 4.57. The first-order valence-corrected chi connectivity index (χ1v) is 12.7. The second kappa shape index (κ2) is 9.98. The summed E-state index contributed by atoms with van der Waals surface area (Å²) in [5.41, 5.74) is 5.07. The van der Waals surface area contributed by atoms with Crippen LogP contribution < -0.4 is 5.69 Å². The summed E-state index contributed by atoms with van der Waals surface area (Å²) in [5.74, 6) is 1.78. The van der Waals surface area contributed by atoms with E-state index in [0.717, 1.165) is 60.2 Å². The zero-order chi connectivity index (χ0) is 24.4. The highest BCUT2D eigenvalue weighted by atomic mass is 16.1. The zero-order valence-corrected chi connectivity index (χ0v) is 20.7. The van der Waals surface area contributed by atoms with Crippen LogP contribution in [0.15, 0.2) is 53.6 Å². The summed E-state index contributed by atoms with van der Waals surface area (Å²) >= 11 is 0. The molecule has 182 valence electrons. The Morgan fingerprint density at radius 2 is 1.77 bits per heavy atom. The second-order valence-electron chi connectivity index (χ2n) is 9.49. The molecule has 0 saturated heterocycles. The van der Waals surface area contributed by atoms with Gasteiger partial charge in [-0.05, 0) is 59.2 Å². The van der Waals surface area contributed by atoms with E-state index in [1.165, 1.54) is 0 Å². The highest BCUT2D eigenvalue weighted by molar-refractivity contribution is 5.70. The molecule has 3 aromatic heterocycles. The maximum atomic E-state index is 13.6. The molecule has 0 bridgehead atoms. The fourth-order valence-electron chi connectivity index (χ4n) is 5.44. The maximum absolute atomic E-state index is 13.6. The molecular formula is C27H33N7O. The van der Waals surface area contributed by atoms with Crippen LogP contribution in [-0.4, -0.2) is 34.7 Å². The minimum absolute atomic E-state index is 0.0989. The lowest BCUT2D eigenvalue weighted by atomic mass is 10.0. The van der Waals surface area contributed by atoms with Gasteiger partial charge in [-0.15, -0.1) is 10.2 Å². The monoisotopic (exact) mass is 471 g/mol. The Labute approximate surface area is 205 Å². The van der Waals surface area contributed by atoms with Crippen LogP contribution in [0.25, 0.3) is 22.5 Å². The molecule has 0 radical (unpaired) electrons. The van der Waals surface area contributed by atoms with Gasteiger partial charge in [0, 0.05) is 29.7 Å². The molecule has 1 aliphatic carbocycles. The first kappa shape index (κ1) is 23.2. The molecule has 0 aliphatic heterocycles. The van der Waals surface area contributed by atoms with Gasteiger partial charge in [0.05, 0.1) is 12.2 Å². The average molecular weight is 472 g/mol. The normalized spacial score (nSPS) is 19.2. The first-order chi connectivity index (χ1) is 17.1. The molecule has 8 nitrogen and oxygen atoms in total. The molecule has 8 heteroatoms. The number of aryl methyl sites for hydroxylation is 1. The molecular weight excluding hydrogens is 438 g/mol. The van der Waals surface area contributed by atoms with Crippen LogP contribution in [0.3, 0.4) is 0 Å². The largest absolute Gasteiger partial charge is 0.328 e. The van der Waals surface area contributed by atoms with Crippen molar-refractivity contribution in [1.29, 1.82) is 0 Å². The van der Waals surface area contributed by atoms with Gasteiger partial charge in [-0.2, -0.15) is 5.21 Å². The number of nitrogens with zero attached hydrogens (tertiary/aromatic N) is 6. The minimum Gasteiger partial charge on any atom is -0.295 e. The van der Waals surface area contributed by atoms with Gasteiger partial charge in [0.25, 0.3) is 0 Å². The number of aromatic nitrogens is 7. The number of hydrogen-bond acceptors (Lipinski definition) is 5. The number of benzene rings is 1. The molecule has 3 heterocycles. The van der Waals surface area contributed by atoms with E-state index < -0.39 is 0 Å². The van der Waals surface area contributed by atoms with Crippen molar-refractivity contribution in [3.63, 3.8) is 0 Å². The van der Waals surface area contributed by atoms with E-state index in [1.807, 2.05) is 39.6 Å². The van der Waals surface area contributed by atoms with Crippen molar-refractivity contribution in [1.82, 2.24) is 34.7 Å². The number of pyridine rings is 1. The van der Waals surface area contributed by atoms with Gasteiger partial charge < -0.3 is 0 Å². The van der Waals surface area contributed by atoms with Crippen LogP contribution in [0, 0.1) is 11.8 Å². The van der Waals surface area contributed by atoms with Crippen LogP contribution in [0.2, 0.25) is 0 Å². The van der Waals surface area contributed by atoms with Crippen molar-refractivity contribution in [2.45, 2.75) is 65.5 Å². The Morgan fingerprint density at radius 3 is 2.49 bits per heavy atom. The molecule has 1 aromatic carbocycles. The van der Waals surface area contributed by atoms with Crippen molar-refractivity contribution >= 4 is 0 Å². The van der Waals surface area contributed by atoms with Crippen molar-refractivity contribution in [2.24, 2.45) is 11.8 Å². The molecule has 5 rings (SSSR count). The van der Waals surface area contributed by atoms with Crippen molar-refractivity contribution < 1.29 is 0 Å². The van der Waals surface area contributed by atoms with Gasteiger partial charge in [0.2, 0.25) is 5.82 Å². The smallest absolute Gasteiger partial charge is 0.295 e. The number of imidazole rings is 1. The number of aromatic amines is 1. The minimum atomic E-state index is 0.0989. The van der Waals surface area contributed by atoms with Crippen molar-refractivity contribution in [2.75, 3.05) is 0 Å². The highest BCUT2D eigenvalue weighted by Gasteiger charge is 2.49. The summed E-state index contributed by atoms with van der Waals surface area (Å²) in [7, 11) is 0. The number of unbranched alkanes of at least 4 members (excludes halogenated alkanes) is 1. The lowest BCUT2D eigenvalue weighted by Gasteiger charge is -2.09. The van der Waals surface area contributed by atoms with Gasteiger partial charge in [-0.25, -0.2) is 4.79 Å². The topological polar surface area (TPSA) is 94.3 Å². The van der Waals surface area contributed by atoms with Crippen molar-refractivity contribution in [3.05, 3.63) is 70.7 Å². The second-order valence-corrected chi connectivity index (χ2v) is 9.49. The summed E-state index contributed by atoms with van der Waals surface area (Å²) in [6.07, 6.45) is 9.27. The fourth-order valence-corrected chi connectivity index (χ4v) is 5.44.